The Labute approximate surface area is 159 Å². The number of aromatic nitrogens is 2. The molecule has 3 rings (SSSR count). The first kappa shape index (κ1) is 20.1. The van der Waals surface area contributed by atoms with Crippen LogP contribution in [0.1, 0.15) is 42.9 Å². The average Bonchev–Trinajstić information content (AvgIpc) is 3.17. The number of anilines is 1. The van der Waals surface area contributed by atoms with Crippen LogP contribution in [0, 0.1) is 6.92 Å². The third-order valence-electron chi connectivity index (χ3n) is 4.91. The summed E-state index contributed by atoms with van der Waals surface area (Å²) in [5.74, 6) is -2.07. The first-order valence-corrected chi connectivity index (χ1v) is 8.88. The van der Waals surface area contributed by atoms with Crippen LogP contribution >= 0.6 is 0 Å². The summed E-state index contributed by atoms with van der Waals surface area (Å²) in [5, 5.41) is 0.160. The Morgan fingerprint density at radius 2 is 1.96 bits per heavy atom. The van der Waals surface area contributed by atoms with Gasteiger partial charge in [0.05, 0.1) is 18.5 Å². The Balaban J connectivity index is 2.06. The van der Waals surface area contributed by atoms with Crippen LogP contribution in [-0.2, 0) is 9.63 Å². The van der Waals surface area contributed by atoms with Crippen molar-refractivity contribution in [1.29, 1.82) is 0 Å². The standard InChI is InChI=1S/C19H20F3N3O3/c1-12-7-8-14(25(28-2)18(27)19(20,21)22)11-15(12)24-10-9-23-16(17(24)26)13-5-3-4-6-13/h7-11,13H,3-6H2,1-2H3. The van der Waals surface area contributed by atoms with Gasteiger partial charge in [0.15, 0.2) is 0 Å². The molecule has 1 saturated carbocycles. The second kappa shape index (κ2) is 7.75. The molecule has 0 radical (unpaired) electrons. The molecule has 0 saturated heterocycles. The van der Waals surface area contributed by atoms with Crippen LogP contribution in [0.4, 0.5) is 18.9 Å². The largest absolute Gasteiger partial charge is 0.473 e. The third kappa shape index (κ3) is 3.80. The van der Waals surface area contributed by atoms with E-state index in [0.29, 0.717) is 16.9 Å². The van der Waals surface area contributed by atoms with Crippen molar-refractivity contribution in [2.45, 2.75) is 44.7 Å². The first-order chi connectivity index (χ1) is 13.2. The number of aryl methyl sites for hydroxylation is 1. The van der Waals surface area contributed by atoms with Gasteiger partial charge in [-0.2, -0.15) is 18.2 Å². The number of alkyl halides is 3. The zero-order valence-corrected chi connectivity index (χ0v) is 15.5. The first-order valence-electron chi connectivity index (χ1n) is 8.88. The van der Waals surface area contributed by atoms with E-state index < -0.39 is 12.1 Å². The maximum Gasteiger partial charge on any atom is 0.473 e. The summed E-state index contributed by atoms with van der Waals surface area (Å²) < 4.78 is 39.8. The summed E-state index contributed by atoms with van der Waals surface area (Å²) in [6.07, 6.45) is 1.75. The lowest BCUT2D eigenvalue weighted by Crippen LogP contribution is -2.40. The third-order valence-corrected chi connectivity index (χ3v) is 4.91. The van der Waals surface area contributed by atoms with Crippen molar-refractivity contribution in [1.82, 2.24) is 9.55 Å². The molecule has 1 aliphatic carbocycles. The molecular formula is C19H20F3N3O3. The lowest BCUT2D eigenvalue weighted by Gasteiger charge is -2.22. The Kier molecular flexibility index (Phi) is 5.55. The second-order valence-corrected chi connectivity index (χ2v) is 6.72. The number of hydroxylamine groups is 1. The maximum absolute atomic E-state index is 13.0. The van der Waals surface area contributed by atoms with Crippen LogP contribution in [-0.4, -0.2) is 28.7 Å². The molecule has 9 heteroatoms. The van der Waals surface area contributed by atoms with Crippen molar-refractivity contribution in [3.8, 4) is 5.69 Å². The minimum Gasteiger partial charge on any atom is -0.281 e. The number of hydrogen-bond donors (Lipinski definition) is 0. The maximum atomic E-state index is 13.0. The molecule has 0 bridgehead atoms. The second-order valence-electron chi connectivity index (χ2n) is 6.72. The van der Waals surface area contributed by atoms with Crippen LogP contribution in [0.5, 0.6) is 0 Å². The van der Waals surface area contributed by atoms with Gasteiger partial charge < -0.3 is 0 Å². The summed E-state index contributed by atoms with van der Waals surface area (Å²) >= 11 is 0. The van der Waals surface area contributed by atoms with Gasteiger partial charge in [-0.15, -0.1) is 0 Å². The number of rotatable bonds is 4. The van der Waals surface area contributed by atoms with Gasteiger partial charge in [0.1, 0.15) is 5.69 Å². The predicted molar refractivity (Wildman–Crippen MR) is 96.3 cm³/mol. The van der Waals surface area contributed by atoms with E-state index in [-0.39, 0.29) is 22.2 Å². The van der Waals surface area contributed by atoms with E-state index >= 15 is 0 Å². The van der Waals surface area contributed by atoms with Gasteiger partial charge in [0, 0.05) is 18.3 Å². The van der Waals surface area contributed by atoms with Crippen molar-refractivity contribution < 1.29 is 22.8 Å². The van der Waals surface area contributed by atoms with Crippen molar-refractivity contribution in [3.63, 3.8) is 0 Å². The highest BCUT2D eigenvalue weighted by Crippen LogP contribution is 2.32. The highest BCUT2D eigenvalue weighted by molar-refractivity contribution is 5.95. The molecule has 28 heavy (non-hydrogen) atoms. The topological polar surface area (TPSA) is 64.4 Å². The highest BCUT2D eigenvalue weighted by atomic mass is 19.4. The Bertz CT molecular complexity index is 934. The summed E-state index contributed by atoms with van der Waals surface area (Å²) in [5.41, 5.74) is 1.04. The van der Waals surface area contributed by atoms with Crippen molar-refractivity contribution in [2.24, 2.45) is 0 Å². The van der Waals surface area contributed by atoms with E-state index in [1.165, 1.54) is 35.2 Å². The summed E-state index contributed by atoms with van der Waals surface area (Å²) in [6.45, 7) is 1.73. The number of nitrogens with zero attached hydrogens (tertiary/aromatic N) is 3. The van der Waals surface area contributed by atoms with Crippen molar-refractivity contribution >= 4 is 11.6 Å². The van der Waals surface area contributed by atoms with Crippen LogP contribution in [0.25, 0.3) is 5.69 Å². The predicted octanol–water partition coefficient (Wildman–Crippen LogP) is 3.66. The zero-order chi connectivity index (χ0) is 20.5. The SMILES string of the molecule is CON(C(=O)C(F)(F)F)c1ccc(C)c(-n2ccnc(C3CCCC3)c2=O)c1. The van der Waals surface area contributed by atoms with E-state index in [9.17, 15) is 22.8 Å². The van der Waals surface area contributed by atoms with Gasteiger partial charge in [-0.3, -0.25) is 24.0 Å². The molecule has 0 unspecified atom stereocenters. The van der Waals surface area contributed by atoms with E-state index in [4.69, 9.17) is 0 Å². The molecule has 150 valence electrons. The minimum atomic E-state index is -5.09. The molecule has 0 aliphatic heterocycles. The molecule has 0 spiro atoms. The van der Waals surface area contributed by atoms with Crippen LogP contribution in [0.2, 0.25) is 0 Å². The normalized spacial score (nSPS) is 15.0. The van der Waals surface area contributed by atoms with Crippen molar-refractivity contribution in [2.75, 3.05) is 12.2 Å². The highest BCUT2D eigenvalue weighted by Gasteiger charge is 2.44. The number of amides is 1. The van der Waals surface area contributed by atoms with Crippen LogP contribution in [0.3, 0.4) is 0 Å². The van der Waals surface area contributed by atoms with E-state index in [0.717, 1.165) is 32.8 Å². The molecule has 1 aromatic heterocycles. The Morgan fingerprint density at radius 1 is 1.29 bits per heavy atom. The molecule has 1 aromatic carbocycles. The fourth-order valence-corrected chi connectivity index (χ4v) is 3.50. The average molecular weight is 395 g/mol. The number of halogens is 3. The van der Waals surface area contributed by atoms with E-state index in [1.807, 2.05) is 0 Å². The van der Waals surface area contributed by atoms with Gasteiger partial charge in [-0.05, 0) is 37.5 Å². The van der Waals surface area contributed by atoms with E-state index in [1.54, 1.807) is 6.92 Å². The summed E-state index contributed by atoms with van der Waals surface area (Å²) in [4.78, 5) is 33.5. The fourth-order valence-electron chi connectivity index (χ4n) is 3.50. The molecule has 0 N–H and O–H groups in total. The number of carbonyl (C=O) groups excluding carboxylic acids is 1. The Hall–Kier alpha value is -2.68. The smallest absolute Gasteiger partial charge is 0.281 e. The minimum absolute atomic E-state index is 0.0886. The fraction of sp³-hybridized carbons (Fsp3) is 0.421. The van der Waals surface area contributed by atoms with Gasteiger partial charge in [0.25, 0.3) is 5.56 Å². The van der Waals surface area contributed by atoms with Crippen LogP contribution < -0.4 is 10.6 Å². The summed E-state index contributed by atoms with van der Waals surface area (Å²) in [6, 6.07) is 4.18. The Morgan fingerprint density at radius 3 is 2.57 bits per heavy atom. The van der Waals surface area contributed by atoms with Gasteiger partial charge in [-0.1, -0.05) is 18.9 Å². The van der Waals surface area contributed by atoms with Crippen molar-refractivity contribution in [3.05, 3.63) is 52.2 Å². The quantitative estimate of drug-likeness (QED) is 0.742. The molecular weight excluding hydrogens is 375 g/mol. The molecule has 0 atom stereocenters. The zero-order valence-electron chi connectivity index (χ0n) is 15.5. The van der Waals surface area contributed by atoms with Crippen LogP contribution in [0.15, 0.2) is 35.4 Å². The molecule has 6 nitrogen and oxygen atoms in total. The monoisotopic (exact) mass is 395 g/mol. The molecule has 1 aliphatic rings. The lowest BCUT2D eigenvalue weighted by molar-refractivity contribution is -0.177. The number of benzene rings is 1. The van der Waals surface area contributed by atoms with Gasteiger partial charge in [-0.25, -0.2) is 0 Å². The van der Waals surface area contributed by atoms with E-state index in [2.05, 4.69) is 9.82 Å². The molecule has 2 aromatic rings. The van der Waals surface area contributed by atoms with Gasteiger partial charge in [0.2, 0.25) is 0 Å². The molecule has 1 heterocycles. The molecule has 1 fully saturated rings. The lowest BCUT2D eigenvalue weighted by atomic mass is 10.0. The number of carbonyl (C=O) groups is 1. The molecule has 1 amide bonds. The van der Waals surface area contributed by atoms with Gasteiger partial charge >= 0.3 is 12.1 Å². The number of hydrogen-bond acceptors (Lipinski definition) is 4. The summed E-state index contributed by atoms with van der Waals surface area (Å²) in [7, 11) is 0.972.